The van der Waals surface area contributed by atoms with Crippen LogP contribution >= 0.6 is 0 Å². The summed E-state index contributed by atoms with van der Waals surface area (Å²) in [5.74, 6) is 0.208. The average molecular weight is 267 g/mol. The highest BCUT2D eigenvalue weighted by Gasteiger charge is 2.23. The highest BCUT2D eigenvalue weighted by Crippen LogP contribution is 2.36. The molecule has 0 unspecified atom stereocenters. The lowest BCUT2D eigenvalue weighted by Gasteiger charge is -2.21. The lowest BCUT2D eigenvalue weighted by atomic mass is 9.81. The van der Waals surface area contributed by atoms with Gasteiger partial charge in [0, 0.05) is 5.92 Å². The van der Waals surface area contributed by atoms with Crippen molar-refractivity contribution in [2.45, 2.75) is 25.2 Å². The summed E-state index contributed by atoms with van der Waals surface area (Å²) in [6.07, 6.45) is 0.823. The minimum absolute atomic E-state index is 0.0603. The SMILES string of the molecule is CC[C@@H](c1ccc(O)cc1)[C@@H](C#N)c1ccc(O)cc1. The van der Waals surface area contributed by atoms with Crippen LogP contribution in [0, 0.1) is 11.3 Å². The molecular weight excluding hydrogens is 250 g/mol. The number of hydrogen-bond acceptors (Lipinski definition) is 3. The maximum atomic E-state index is 9.50. The van der Waals surface area contributed by atoms with Crippen molar-refractivity contribution in [3.8, 4) is 17.6 Å². The van der Waals surface area contributed by atoms with Gasteiger partial charge in [0.25, 0.3) is 0 Å². The maximum Gasteiger partial charge on any atom is 0.115 e. The van der Waals surface area contributed by atoms with E-state index >= 15 is 0 Å². The third-order valence-electron chi connectivity index (χ3n) is 3.55. The fourth-order valence-corrected chi connectivity index (χ4v) is 2.46. The molecule has 0 radical (unpaired) electrons. The summed E-state index contributed by atoms with van der Waals surface area (Å²) in [5.41, 5.74) is 1.93. The third-order valence-corrected chi connectivity index (χ3v) is 3.55. The van der Waals surface area contributed by atoms with Gasteiger partial charge in [0.15, 0.2) is 0 Å². The third kappa shape index (κ3) is 2.92. The summed E-state index contributed by atoms with van der Waals surface area (Å²) in [7, 11) is 0. The number of benzene rings is 2. The number of phenols is 2. The number of nitrogens with zero attached hydrogens (tertiary/aromatic N) is 1. The minimum atomic E-state index is -0.273. The summed E-state index contributed by atoms with van der Waals surface area (Å²) >= 11 is 0. The van der Waals surface area contributed by atoms with E-state index < -0.39 is 0 Å². The van der Waals surface area contributed by atoms with Crippen molar-refractivity contribution in [3.05, 3.63) is 59.7 Å². The van der Waals surface area contributed by atoms with Gasteiger partial charge in [-0.2, -0.15) is 5.26 Å². The average Bonchev–Trinajstić information content (AvgIpc) is 2.47. The molecule has 2 aromatic rings. The van der Waals surface area contributed by atoms with Crippen molar-refractivity contribution in [1.29, 1.82) is 5.26 Å². The smallest absolute Gasteiger partial charge is 0.115 e. The Balaban J connectivity index is 2.35. The molecule has 0 aliphatic heterocycles. The number of aromatic hydroxyl groups is 2. The highest BCUT2D eigenvalue weighted by atomic mass is 16.3. The molecule has 0 heterocycles. The van der Waals surface area contributed by atoms with Crippen molar-refractivity contribution in [2.75, 3.05) is 0 Å². The standard InChI is InChI=1S/C17H17NO2/c1-2-16(12-3-7-14(19)8-4-12)17(11-18)13-5-9-15(20)10-6-13/h3-10,16-17,19-20H,2H2,1H3/t16-,17-/m0/s1. The molecule has 102 valence electrons. The van der Waals surface area contributed by atoms with Crippen LogP contribution in [0.3, 0.4) is 0 Å². The number of nitriles is 1. The summed E-state index contributed by atoms with van der Waals surface area (Å²) < 4.78 is 0. The molecule has 2 N–H and O–H groups in total. The van der Waals surface area contributed by atoms with Gasteiger partial charge in [-0.1, -0.05) is 31.2 Å². The van der Waals surface area contributed by atoms with Crippen molar-refractivity contribution < 1.29 is 10.2 Å². The molecule has 3 heteroatoms. The van der Waals surface area contributed by atoms with Gasteiger partial charge >= 0.3 is 0 Å². The quantitative estimate of drug-likeness (QED) is 0.883. The monoisotopic (exact) mass is 267 g/mol. The van der Waals surface area contributed by atoms with E-state index in [1.54, 1.807) is 36.4 Å². The van der Waals surface area contributed by atoms with Crippen LogP contribution < -0.4 is 0 Å². The molecule has 2 atom stereocenters. The van der Waals surface area contributed by atoms with Gasteiger partial charge in [-0.3, -0.25) is 0 Å². The van der Waals surface area contributed by atoms with E-state index in [9.17, 15) is 15.5 Å². The van der Waals surface area contributed by atoms with E-state index in [0.29, 0.717) is 0 Å². The largest absolute Gasteiger partial charge is 0.508 e. The second-order valence-electron chi connectivity index (χ2n) is 4.80. The number of rotatable bonds is 4. The van der Waals surface area contributed by atoms with Crippen LogP contribution in [0.15, 0.2) is 48.5 Å². The van der Waals surface area contributed by atoms with Gasteiger partial charge in [0.2, 0.25) is 0 Å². The van der Waals surface area contributed by atoms with E-state index in [1.807, 2.05) is 19.1 Å². The summed E-state index contributed by atoms with van der Waals surface area (Å²) in [4.78, 5) is 0. The van der Waals surface area contributed by atoms with Gasteiger partial charge in [-0.15, -0.1) is 0 Å². The van der Waals surface area contributed by atoms with Crippen LogP contribution in [0.2, 0.25) is 0 Å². The van der Waals surface area contributed by atoms with Crippen molar-refractivity contribution in [2.24, 2.45) is 0 Å². The van der Waals surface area contributed by atoms with Gasteiger partial charge in [0.05, 0.1) is 12.0 Å². The number of phenolic OH excluding ortho intramolecular Hbond substituents is 2. The zero-order chi connectivity index (χ0) is 14.5. The molecule has 0 fully saturated rings. The van der Waals surface area contributed by atoms with Gasteiger partial charge < -0.3 is 10.2 Å². The van der Waals surface area contributed by atoms with Crippen LogP contribution in [0.25, 0.3) is 0 Å². The Morgan fingerprint density at radius 1 is 0.900 bits per heavy atom. The lowest BCUT2D eigenvalue weighted by Crippen LogP contribution is -2.09. The molecule has 20 heavy (non-hydrogen) atoms. The van der Waals surface area contributed by atoms with E-state index in [1.165, 1.54) is 0 Å². The fourth-order valence-electron chi connectivity index (χ4n) is 2.46. The Morgan fingerprint density at radius 3 is 1.75 bits per heavy atom. The number of hydrogen-bond donors (Lipinski definition) is 2. The van der Waals surface area contributed by atoms with Crippen LogP contribution in [0.5, 0.6) is 11.5 Å². The first-order valence-electron chi connectivity index (χ1n) is 6.63. The molecule has 0 aliphatic rings. The Morgan fingerprint density at radius 2 is 1.35 bits per heavy atom. The summed E-state index contributed by atoms with van der Waals surface area (Å²) in [5, 5.41) is 28.2. The van der Waals surface area contributed by atoms with E-state index in [0.717, 1.165) is 17.5 Å². The molecule has 0 saturated heterocycles. The van der Waals surface area contributed by atoms with Crippen molar-refractivity contribution in [1.82, 2.24) is 0 Å². The molecular formula is C17H17NO2. The molecule has 0 aromatic heterocycles. The predicted octanol–water partition coefficient (Wildman–Crippen LogP) is 3.90. The van der Waals surface area contributed by atoms with Gasteiger partial charge in [-0.05, 0) is 41.8 Å². The summed E-state index contributed by atoms with van der Waals surface area (Å²) in [6.45, 7) is 2.04. The molecule has 0 amide bonds. The Labute approximate surface area is 118 Å². The molecule has 0 saturated carbocycles. The molecule has 2 rings (SSSR count). The second-order valence-corrected chi connectivity index (χ2v) is 4.80. The van der Waals surface area contributed by atoms with Crippen LogP contribution in [0.4, 0.5) is 0 Å². The first-order valence-corrected chi connectivity index (χ1v) is 6.63. The Bertz CT molecular complexity index is 596. The zero-order valence-corrected chi connectivity index (χ0v) is 11.3. The maximum absolute atomic E-state index is 9.50. The van der Waals surface area contributed by atoms with E-state index in [-0.39, 0.29) is 23.3 Å². The first kappa shape index (κ1) is 14.0. The Hall–Kier alpha value is -2.47. The molecule has 0 aliphatic carbocycles. The topological polar surface area (TPSA) is 64.2 Å². The minimum Gasteiger partial charge on any atom is -0.508 e. The van der Waals surface area contributed by atoms with Crippen molar-refractivity contribution in [3.63, 3.8) is 0 Å². The molecule has 3 nitrogen and oxygen atoms in total. The Kier molecular flexibility index (Phi) is 4.27. The van der Waals surface area contributed by atoms with Gasteiger partial charge in [-0.25, -0.2) is 0 Å². The fraction of sp³-hybridized carbons (Fsp3) is 0.235. The first-order chi connectivity index (χ1) is 9.65. The normalized spacial score (nSPS) is 13.4. The summed E-state index contributed by atoms with van der Waals surface area (Å²) in [6, 6.07) is 16.1. The van der Waals surface area contributed by atoms with Crippen molar-refractivity contribution >= 4 is 0 Å². The second kappa shape index (κ2) is 6.12. The van der Waals surface area contributed by atoms with Crippen LogP contribution in [0.1, 0.15) is 36.3 Å². The van der Waals surface area contributed by atoms with Gasteiger partial charge in [0.1, 0.15) is 11.5 Å². The van der Waals surface area contributed by atoms with E-state index in [2.05, 4.69) is 6.07 Å². The van der Waals surface area contributed by atoms with E-state index in [4.69, 9.17) is 0 Å². The lowest BCUT2D eigenvalue weighted by molar-refractivity contribution is 0.473. The zero-order valence-electron chi connectivity index (χ0n) is 11.3. The molecule has 0 spiro atoms. The molecule has 2 aromatic carbocycles. The van der Waals surface area contributed by atoms with Crippen LogP contribution in [-0.4, -0.2) is 10.2 Å². The highest BCUT2D eigenvalue weighted by molar-refractivity contribution is 5.37. The molecule has 0 bridgehead atoms. The predicted molar refractivity (Wildman–Crippen MR) is 77.6 cm³/mol. The van der Waals surface area contributed by atoms with Crippen LogP contribution in [-0.2, 0) is 0 Å².